The Hall–Kier alpha value is -2.38. The van der Waals surface area contributed by atoms with Crippen LogP contribution in [-0.2, 0) is 14.8 Å². The predicted octanol–water partition coefficient (Wildman–Crippen LogP) is 3.27. The van der Waals surface area contributed by atoms with Gasteiger partial charge in [-0.1, -0.05) is 18.2 Å². The van der Waals surface area contributed by atoms with E-state index in [0.717, 1.165) is 22.9 Å². The van der Waals surface area contributed by atoms with Crippen molar-refractivity contribution in [2.75, 3.05) is 18.9 Å². The Balaban J connectivity index is 1.55. The smallest absolute Gasteiger partial charge is 0.243 e. The van der Waals surface area contributed by atoms with E-state index in [0.29, 0.717) is 5.69 Å². The van der Waals surface area contributed by atoms with Crippen molar-refractivity contribution < 1.29 is 17.9 Å². The third kappa shape index (κ3) is 5.08. The Labute approximate surface area is 160 Å². The molecular formula is C20H24N2O4S. The normalized spacial score (nSPS) is 15.0. The number of carbonyl (C=O) groups is 1. The van der Waals surface area contributed by atoms with Crippen LogP contribution in [0.1, 0.15) is 25.7 Å². The minimum atomic E-state index is -3.69. The fraction of sp³-hybridized carbons (Fsp3) is 0.350. The van der Waals surface area contributed by atoms with Gasteiger partial charge in [0.25, 0.3) is 0 Å². The molecule has 0 aromatic heterocycles. The number of carbonyl (C=O) groups excluding carboxylic acids is 1. The van der Waals surface area contributed by atoms with Crippen LogP contribution in [0.3, 0.4) is 0 Å². The molecule has 1 N–H and O–H groups in total. The van der Waals surface area contributed by atoms with E-state index >= 15 is 0 Å². The maximum absolute atomic E-state index is 12.5. The van der Waals surface area contributed by atoms with Crippen molar-refractivity contribution in [3.63, 3.8) is 0 Å². The molecule has 1 aliphatic rings. The molecule has 27 heavy (non-hydrogen) atoms. The highest BCUT2D eigenvalue weighted by atomic mass is 32.2. The number of benzene rings is 2. The van der Waals surface area contributed by atoms with Crippen LogP contribution in [0.2, 0.25) is 0 Å². The van der Waals surface area contributed by atoms with Crippen molar-refractivity contribution in [1.82, 2.24) is 4.31 Å². The van der Waals surface area contributed by atoms with Crippen molar-refractivity contribution in [2.45, 2.75) is 36.7 Å². The lowest BCUT2D eigenvalue weighted by Crippen LogP contribution is -2.34. The third-order valence-corrected chi connectivity index (χ3v) is 6.38. The lowest BCUT2D eigenvalue weighted by atomic mass is 10.2. The van der Waals surface area contributed by atoms with Crippen LogP contribution in [0.25, 0.3) is 0 Å². The van der Waals surface area contributed by atoms with E-state index in [4.69, 9.17) is 4.74 Å². The van der Waals surface area contributed by atoms with Gasteiger partial charge in [-0.25, -0.2) is 8.42 Å². The zero-order valence-electron chi connectivity index (χ0n) is 15.3. The molecule has 0 radical (unpaired) electrons. The van der Waals surface area contributed by atoms with Crippen LogP contribution >= 0.6 is 0 Å². The summed E-state index contributed by atoms with van der Waals surface area (Å²) in [7, 11) is -2.30. The Morgan fingerprint density at radius 1 is 1.07 bits per heavy atom. The predicted molar refractivity (Wildman–Crippen MR) is 104 cm³/mol. The molecule has 6 nitrogen and oxygen atoms in total. The van der Waals surface area contributed by atoms with Crippen molar-refractivity contribution in [3.8, 4) is 5.75 Å². The van der Waals surface area contributed by atoms with Gasteiger partial charge >= 0.3 is 0 Å². The molecule has 0 aliphatic heterocycles. The van der Waals surface area contributed by atoms with Crippen molar-refractivity contribution >= 4 is 21.6 Å². The third-order valence-electron chi connectivity index (χ3n) is 4.56. The lowest BCUT2D eigenvalue weighted by molar-refractivity contribution is -0.116. The Morgan fingerprint density at radius 2 is 1.70 bits per heavy atom. The number of nitrogens with zero attached hydrogens (tertiary/aromatic N) is 1. The van der Waals surface area contributed by atoms with Gasteiger partial charge in [-0.15, -0.1) is 0 Å². The number of anilines is 1. The number of amides is 1. The van der Waals surface area contributed by atoms with Crippen LogP contribution in [-0.4, -0.2) is 38.3 Å². The quantitative estimate of drug-likeness (QED) is 0.790. The van der Waals surface area contributed by atoms with E-state index in [1.165, 1.54) is 32.0 Å². The van der Waals surface area contributed by atoms with Gasteiger partial charge in [0.15, 0.2) is 0 Å². The molecule has 0 spiro atoms. The summed E-state index contributed by atoms with van der Waals surface area (Å²) in [5.41, 5.74) is 0.601. The minimum Gasteiger partial charge on any atom is -0.490 e. The number of sulfonamides is 1. The summed E-state index contributed by atoms with van der Waals surface area (Å²) in [6.45, 7) is -0.266. The summed E-state index contributed by atoms with van der Waals surface area (Å²) in [6, 6.07) is 15.2. The molecule has 0 heterocycles. The van der Waals surface area contributed by atoms with Gasteiger partial charge < -0.3 is 10.1 Å². The fourth-order valence-corrected chi connectivity index (χ4v) is 4.22. The Morgan fingerprint density at radius 3 is 2.33 bits per heavy atom. The van der Waals surface area contributed by atoms with Gasteiger partial charge in [0.05, 0.1) is 17.5 Å². The average Bonchev–Trinajstić information content (AvgIpc) is 3.17. The lowest BCUT2D eigenvalue weighted by Gasteiger charge is -2.17. The molecule has 0 atom stereocenters. The second-order valence-corrected chi connectivity index (χ2v) is 8.72. The number of ether oxygens (including phenoxy) is 1. The van der Waals surface area contributed by atoms with E-state index in [-0.39, 0.29) is 17.5 Å². The van der Waals surface area contributed by atoms with E-state index in [1.54, 1.807) is 30.3 Å². The highest BCUT2D eigenvalue weighted by Crippen LogP contribution is 2.25. The summed E-state index contributed by atoms with van der Waals surface area (Å²) < 4.78 is 31.8. The van der Waals surface area contributed by atoms with Crippen molar-refractivity contribution in [1.29, 1.82) is 0 Å². The number of rotatable bonds is 7. The zero-order valence-corrected chi connectivity index (χ0v) is 16.1. The number of likely N-dealkylation sites (N-methyl/N-ethyl adjacent to an activating group) is 1. The Bertz CT molecular complexity index is 861. The van der Waals surface area contributed by atoms with E-state index in [2.05, 4.69) is 5.32 Å². The molecule has 1 amide bonds. The number of hydrogen-bond acceptors (Lipinski definition) is 4. The van der Waals surface area contributed by atoms with E-state index in [1.807, 2.05) is 12.1 Å². The molecule has 3 rings (SSSR count). The summed E-state index contributed by atoms with van der Waals surface area (Å²) >= 11 is 0. The Kier molecular flexibility index (Phi) is 6.13. The molecule has 0 bridgehead atoms. The fourth-order valence-electron chi connectivity index (χ4n) is 3.08. The van der Waals surface area contributed by atoms with E-state index < -0.39 is 15.9 Å². The molecule has 0 saturated heterocycles. The molecule has 1 fully saturated rings. The average molecular weight is 388 g/mol. The first-order valence-corrected chi connectivity index (χ1v) is 10.5. The monoisotopic (exact) mass is 388 g/mol. The molecule has 1 aliphatic carbocycles. The summed E-state index contributed by atoms with van der Waals surface area (Å²) in [4.78, 5) is 12.4. The summed E-state index contributed by atoms with van der Waals surface area (Å²) in [5.74, 6) is 0.380. The van der Waals surface area contributed by atoms with Gasteiger partial charge in [0.1, 0.15) is 5.75 Å². The van der Waals surface area contributed by atoms with Crippen LogP contribution in [0.5, 0.6) is 5.75 Å². The highest BCUT2D eigenvalue weighted by molar-refractivity contribution is 7.89. The highest BCUT2D eigenvalue weighted by Gasteiger charge is 2.22. The van der Waals surface area contributed by atoms with Crippen LogP contribution < -0.4 is 10.1 Å². The molecule has 144 valence electrons. The van der Waals surface area contributed by atoms with Gasteiger partial charge in [-0.3, -0.25) is 4.79 Å². The second kappa shape index (κ2) is 8.54. The van der Waals surface area contributed by atoms with Crippen molar-refractivity contribution in [2.24, 2.45) is 0 Å². The first-order chi connectivity index (χ1) is 12.9. The first kappa shape index (κ1) is 19.4. The second-order valence-electron chi connectivity index (χ2n) is 6.67. The van der Waals surface area contributed by atoms with Gasteiger partial charge in [-0.2, -0.15) is 4.31 Å². The van der Waals surface area contributed by atoms with E-state index in [9.17, 15) is 13.2 Å². The molecule has 1 saturated carbocycles. The zero-order chi connectivity index (χ0) is 19.3. The van der Waals surface area contributed by atoms with Gasteiger partial charge in [0.2, 0.25) is 15.9 Å². The largest absolute Gasteiger partial charge is 0.490 e. The summed E-state index contributed by atoms with van der Waals surface area (Å²) in [6.07, 6.45) is 4.86. The van der Waals surface area contributed by atoms with Crippen LogP contribution in [0, 0.1) is 0 Å². The number of hydrogen-bond donors (Lipinski definition) is 1. The molecule has 7 heteroatoms. The molecule has 0 unspecified atom stereocenters. The standard InChI is InChI=1S/C20H24N2O4S/c1-22(27(24,25)19-9-3-2-4-10-19)15-20(23)21-16-11-13-18(14-12-16)26-17-7-5-6-8-17/h2-4,9-14,17H,5-8,15H2,1H3,(H,21,23). The van der Waals surface area contributed by atoms with Crippen LogP contribution in [0.15, 0.2) is 59.5 Å². The van der Waals surface area contributed by atoms with Gasteiger partial charge in [-0.05, 0) is 62.1 Å². The molecule has 2 aromatic rings. The summed E-state index contributed by atoms with van der Waals surface area (Å²) in [5, 5.41) is 2.72. The topological polar surface area (TPSA) is 75.7 Å². The first-order valence-electron chi connectivity index (χ1n) is 9.03. The maximum atomic E-state index is 12.5. The van der Waals surface area contributed by atoms with Gasteiger partial charge in [0, 0.05) is 12.7 Å². The molecular weight excluding hydrogens is 364 g/mol. The van der Waals surface area contributed by atoms with Crippen LogP contribution in [0.4, 0.5) is 5.69 Å². The SMILES string of the molecule is CN(CC(=O)Nc1ccc(OC2CCCC2)cc1)S(=O)(=O)c1ccccc1. The van der Waals surface area contributed by atoms with Crippen molar-refractivity contribution in [3.05, 3.63) is 54.6 Å². The molecule has 2 aromatic carbocycles. The maximum Gasteiger partial charge on any atom is 0.243 e. The number of nitrogens with one attached hydrogen (secondary N) is 1. The minimum absolute atomic E-state index is 0.161.